The van der Waals surface area contributed by atoms with Crippen LogP contribution in [0.4, 0.5) is 4.39 Å². The Morgan fingerprint density at radius 2 is 2.14 bits per heavy atom. The van der Waals surface area contributed by atoms with E-state index in [0.29, 0.717) is 43.6 Å². The SMILES string of the molecule is CCOc1ccccc1-c1nc(C2CC(=O)N(Cc3ccc(F)c(Cl)c3)C2)no1. The van der Waals surface area contributed by atoms with Gasteiger partial charge in [0.1, 0.15) is 11.6 Å². The molecule has 0 saturated carbocycles. The lowest BCUT2D eigenvalue weighted by atomic mass is 10.1. The Balaban J connectivity index is 1.49. The number of rotatable bonds is 6. The molecule has 1 atom stereocenters. The molecule has 4 rings (SSSR count). The molecule has 1 fully saturated rings. The molecule has 0 N–H and O–H groups in total. The van der Waals surface area contributed by atoms with E-state index in [4.69, 9.17) is 20.9 Å². The lowest BCUT2D eigenvalue weighted by Crippen LogP contribution is -2.24. The highest BCUT2D eigenvalue weighted by Gasteiger charge is 2.34. The van der Waals surface area contributed by atoms with Gasteiger partial charge >= 0.3 is 0 Å². The van der Waals surface area contributed by atoms with Gasteiger partial charge in [0.2, 0.25) is 5.91 Å². The van der Waals surface area contributed by atoms with Crippen molar-refractivity contribution >= 4 is 17.5 Å². The molecule has 6 nitrogen and oxygen atoms in total. The molecule has 1 unspecified atom stereocenters. The second kappa shape index (κ2) is 8.21. The molecule has 1 saturated heterocycles. The first-order chi connectivity index (χ1) is 14.0. The normalized spacial score (nSPS) is 16.4. The molecule has 2 aromatic carbocycles. The lowest BCUT2D eigenvalue weighted by molar-refractivity contribution is -0.128. The van der Waals surface area contributed by atoms with Gasteiger partial charge in [0.25, 0.3) is 5.89 Å². The van der Waals surface area contributed by atoms with Gasteiger partial charge < -0.3 is 14.2 Å². The number of hydrogen-bond acceptors (Lipinski definition) is 5. The van der Waals surface area contributed by atoms with Gasteiger partial charge in [0.15, 0.2) is 5.82 Å². The van der Waals surface area contributed by atoms with Crippen LogP contribution in [-0.2, 0) is 11.3 Å². The van der Waals surface area contributed by atoms with Crippen molar-refractivity contribution < 1.29 is 18.4 Å². The Hall–Kier alpha value is -2.93. The van der Waals surface area contributed by atoms with Crippen molar-refractivity contribution in [2.45, 2.75) is 25.8 Å². The third-order valence-electron chi connectivity index (χ3n) is 4.80. The van der Waals surface area contributed by atoms with Gasteiger partial charge in [-0.05, 0) is 36.8 Å². The van der Waals surface area contributed by atoms with Gasteiger partial charge in [-0.1, -0.05) is 35.0 Å². The van der Waals surface area contributed by atoms with Gasteiger partial charge in [-0.15, -0.1) is 0 Å². The Labute approximate surface area is 172 Å². The molecule has 29 heavy (non-hydrogen) atoms. The maximum absolute atomic E-state index is 13.3. The second-order valence-corrected chi connectivity index (χ2v) is 7.22. The lowest BCUT2D eigenvalue weighted by Gasteiger charge is -2.16. The van der Waals surface area contributed by atoms with Crippen LogP contribution in [0.2, 0.25) is 5.02 Å². The Morgan fingerprint density at radius 3 is 2.93 bits per heavy atom. The Kier molecular flexibility index (Phi) is 5.49. The number of carbonyl (C=O) groups excluding carboxylic acids is 1. The Bertz CT molecular complexity index is 1040. The summed E-state index contributed by atoms with van der Waals surface area (Å²) < 4.78 is 24.4. The summed E-state index contributed by atoms with van der Waals surface area (Å²) in [5.74, 6) is 0.849. The van der Waals surface area contributed by atoms with Gasteiger partial charge in [-0.2, -0.15) is 4.98 Å². The van der Waals surface area contributed by atoms with E-state index in [1.165, 1.54) is 12.1 Å². The van der Waals surface area contributed by atoms with E-state index in [9.17, 15) is 9.18 Å². The summed E-state index contributed by atoms with van der Waals surface area (Å²) in [6, 6.07) is 11.9. The summed E-state index contributed by atoms with van der Waals surface area (Å²) in [5, 5.41) is 4.13. The third kappa shape index (κ3) is 4.10. The Morgan fingerprint density at radius 1 is 1.31 bits per heavy atom. The van der Waals surface area contributed by atoms with E-state index in [1.54, 1.807) is 11.0 Å². The number of hydrogen-bond donors (Lipinski definition) is 0. The molecule has 1 amide bonds. The maximum atomic E-state index is 13.3. The van der Waals surface area contributed by atoms with Crippen LogP contribution < -0.4 is 4.74 Å². The van der Waals surface area contributed by atoms with Crippen molar-refractivity contribution in [1.82, 2.24) is 15.0 Å². The summed E-state index contributed by atoms with van der Waals surface area (Å²) >= 11 is 5.84. The van der Waals surface area contributed by atoms with Gasteiger partial charge in [0, 0.05) is 25.4 Å². The minimum atomic E-state index is -0.479. The highest BCUT2D eigenvalue weighted by atomic mass is 35.5. The monoisotopic (exact) mass is 415 g/mol. The fraction of sp³-hybridized carbons (Fsp3) is 0.286. The van der Waals surface area contributed by atoms with Gasteiger partial charge in [-0.3, -0.25) is 4.79 Å². The minimum absolute atomic E-state index is 0.0171. The van der Waals surface area contributed by atoms with Crippen LogP contribution in [0.5, 0.6) is 5.75 Å². The molecule has 1 aliphatic heterocycles. The quantitative estimate of drug-likeness (QED) is 0.595. The topological polar surface area (TPSA) is 68.5 Å². The first kappa shape index (κ1) is 19.4. The molecule has 150 valence electrons. The number of carbonyl (C=O) groups is 1. The van der Waals surface area contributed by atoms with Crippen molar-refractivity contribution in [3.63, 3.8) is 0 Å². The number of amides is 1. The molecule has 2 heterocycles. The average molecular weight is 416 g/mol. The number of para-hydroxylation sites is 1. The van der Waals surface area contributed by atoms with E-state index in [0.717, 1.165) is 11.1 Å². The number of ether oxygens (including phenoxy) is 1. The zero-order chi connectivity index (χ0) is 20.4. The van der Waals surface area contributed by atoms with E-state index in [1.807, 2.05) is 31.2 Å². The predicted octanol–water partition coefficient (Wildman–Crippen LogP) is 4.44. The first-order valence-electron chi connectivity index (χ1n) is 9.32. The van der Waals surface area contributed by atoms with Crippen molar-refractivity contribution in [1.29, 1.82) is 0 Å². The number of likely N-dealkylation sites (tertiary alicyclic amines) is 1. The second-order valence-electron chi connectivity index (χ2n) is 6.81. The molecule has 0 bridgehead atoms. The molecule has 8 heteroatoms. The molecule has 3 aromatic rings. The van der Waals surface area contributed by atoms with Crippen molar-refractivity contribution in [3.8, 4) is 17.2 Å². The zero-order valence-electron chi connectivity index (χ0n) is 15.8. The molecular formula is C21H19ClFN3O3. The zero-order valence-corrected chi connectivity index (χ0v) is 16.5. The maximum Gasteiger partial charge on any atom is 0.261 e. The molecule has 1 aliphatic rings. The summed E-state index contributed by atoms with van der Waals surface area (Å²) in [5.41, 5.74) is 1.49. The van der Waals surface area contributed by atoms with Crippen LogP contribution in [0.15, 0.2) is 47.0 Å². The molecule has 0 aliphatic carbocycles. The van der Waals surface area contributed by atoms with Gasteiger partial charge in [0.05, 0.1) is 17.2 Å². The first-order valence-corrected chi connectivity index (χ1v) is 9.70. The summed E-state index contributed by atoms with van der Waals surface area (Å²) in [6.07, 6.45) is 0.293. The average Bonchev–Trinajstić information content (AvgIpc) is 3.33. The number of nitrogens with zero attached hydrogens (tertiary/aromatic N) is 3. The minimum Gasteiger partial charge on any atom is -0.493 e. The van der Waals surface area contributed by atoms with E-state index >= 15 is 0 Å². The van der Waals surface area contributed by atoms with E-state index in [-0.39, 0.29) is 16.8 Å². The highest BCUT2D eigenvalue weighted by molar-refractivity contribution is 6.30. The predicted molar refractivity (Wildman–Crippen MR) is 105 cm³/mol. The van der Waals surface area contributed by atoms with Crippen LogP contribution in [0.3, 0.4) is 0 Å². The molecular weight excluding hydrogens is 397 g/mol. The number of benzene rings is 2. The molecule has 0 radical (unpaired) electrons. The fourth-order valence-electron chi connectivity index (χ4n) is 3.39. The van der Waals surface area contributed by atoms with Crippen LogP contribution >= 0.6 is 11.6 Å². The number of aromatic nitrogens is 2. The number of halogens is 2. The molecule has 0 spiro atoms. The van der Waals surface area contributed by atoms with Crippen molar-refractivity contribution in [2.75, 3.05) is 13.2 Å². The molecule has 1 aromatic heterocycles. The largest absolute Gasteiger partial charge is 0.493 e. The van der Waals surface area contributed by atoms with Crippen molar-refractivity contribution in [2.24, 2.45) is 0 Å². The smallest absolute Gasteiger partial charge is 0.261 e. The van der Waals surface area contributed by atoms with Crippen LogP contribution in [0.1, 0.15) is 30.7 Å². The standard InChI is InChI=1S/C21H19ClFN3O3/c1-2-28-18-6-4-3-5-15(18)21-24-20(25-29-21)14-10-19(27)26(12-14)11-13-7-8-17(23)16(22)9-13/h3-9,14H,2,10-12H2,1H3. The third-order valence-corrected chi connectivity index (χ3v) is 5.09. The highest BCUT2D eigenvalue weighted by Crippen LogP contribution is 2.32. The van der Waals surface area contributed by atoms with Crippen molar-refractivity contribution in [3.05, 3.63) is 64.7 Å². The summed E-state index contributed by atoms with van der Waals surface area (Å²) in [6.45, 7) is 3.24. The van der Waals surface area contributed by atoms with E-state index < -0.39 is 5.82 Å². The van der Waals surface area contributed by atoms with Gasteiger partial charge in [-0.25, -0.2) is 4.39 Å². The van der Waals surface area contributed by atoms with Crippen LogP contribution in [0, 0.1) is 5.82 Å². The summed E-state index contributed by atoms with van der Waals surface area (Å²) in [7, 11) is 0. The van der Waals surface area contributed by atoms with Crippen LogP contribution in [0.25, 0.3) is 11.5 Å². The van der Waals surface area contributed by atoms with Crippen LogP contribution in [-0.4, -0.2) is 34.1 Å². The van der Waals surface area contributed by atoms with E-state index in [2.05, 4.69) is 10.1 Å². The fourth-order valence-corrected chi connectivity index (χ4v) is 3.59. The summed E-state index contributed by atoms with van der Waals surface area (Å²) in [4.78, 5) is 18.6.